The quantitative estimate of drug-likeness (QED) is 0.564. The highest BCUT2D eigenvalue weighted by Crippen LogP contribution is 2.27. The van der Waals surface area contributed by atoms with Crippen LogP contribution in [0.3, 0.4) is 0 Å². The normalized spacial score (nSPS) is 12.4. The van der Waals surface area contributed by atoms with Crippen molar-refractivity contribution in [2.75, 3.05) is 12.5 Å². The molecular weight excluding hydrogens is 224 g/mol. The maximum atomic E-state index is 2.37. The summed E-state index contributed by atoms with van der Waals surface area (Å²) in [5, 5.41) is 0.513. The third-order valence-electron chi connectivity index (χ3n) is 2.78. The third kappa shape index (κ3) is 3.31. The average Bonchev–Trinajstić information content (AvgIpc) is 2.38. The first-order chi connectivity index (χ1) is 8.27. The molecule has 0 nitrogen and oxygen atoms in total. The second-order valence-electron chi connectivity index (χ2n) is 4.29. The summed E-state index contributed by atoms with van der Waals surface area (Å²) in [6.07, 6.45) is 6.98. The summed E-state index contributed by atoms with van der Waals surface area (Å²) in [5.41, 5.74) is 2.72. The summed E-state index contributed by atoms with van der Waals surface area (Å²) in [6, 6.07) is 21.3. The molecule has 0 spiro atoms. The molecule has 0 aliphatic carbocycles. The minimum absolute atomic E-state index is 0.340. The van der Waals surface area contributed by atoms with Gasteiger partial charge in [-0.15, -0.1) is 18.6 Å². The summed E-state index contributed by atoms with van der Waals surface area (Å²) in [4.78, 5) is 0. The Balaban J connectivity index is 2.20. The highest BCUT2D eigenvalue weighted by atomic mass is 32.2. The third-order valence-corrected chi connectivity index (χ3v) is 4.20. The minimum Gasteiger partial charge on any atom is -0.187 e. The highest BCUT2D eigenvalue weighted by Gasteiger charge is 2.19. The van der Waals surface area contributed by atoms with Crippen molar-refractivity contribution in [3.63, 3.8) is 0 Å². The molecule has 0 aliphatic heterocycles. The molecule has 2 aromatic carbocycles. The second-order valence-corrected chi connectivity index (χ2v) is 6.56. The van der Waals surface area contributed by atoms with E-state index in [1.165, 1.54) is 11.1 Å². The monoisotopic (exact) mass is 242 g/mol. The predicted molar refractivity (Wildman–Crippen MR) is 78.2 cm³/mol. The van der Waals surface area contributed by atoms with Gasteiger partial charge in [0.1, 0.15) is 5.25 Å². The fourth-order valence-corrected chi connectivity index (χ4v) is 3.02. The van der Waals surface area contributed by atoms with Crippen LogP contribution in [0.2, 0.25) is 0 Å². The lowest BCUT2D eigenvalue weighted by molar-refractivity contribution is 1.12. The summed E-state index contributed by atoms with van der Waals surface area (Å²) in [6.45, 7) is 0. The number of hydrogen-bond acceptors (Lipinski definition) is 0. The first-order valence-corrected chi connectivity index (χ1v) is 7.89. The van der Waals surface area contributed by atoms with Crippen molar-refractivity contribution in [3.05, 3.63) is 78.2 Å². The van der Waals surface area contributed by atoms with E-state index in [0.717, 1.165) is 0 Å². The number of rotatable bonds is 4. The molecule has 0 amide bonds. The van der Waals surface area contributed by atoms with E-state index in [4.69, 9.17) is 0 Å². The van der Waals surface area contributed by atoms with E-state index in [1.807, 2.05) is 0 Å². The van der Waals surface area contributed by atoms with Crippen molar-refractivity contribution in [2.45, 2.75) is 5.25 Å². The maximum Gasteiger partial charge on any atom is 0.119 e. The van der Waals surface area contributed by atoms with Crippen LogP contribution in [-0.2, 0) is 10.9 Å². The Kier molecular flexibility index (Phi) is 4.16. The van der Waals surface area contributed by atoms with Crippen LogP contribution in [0.5, 0.6) is 0 Å². The number of hydrogen-bond donors (Lipinski definition) is 0. The van der Waals surface area contributed by atoms with Crippen LogP contribution < -0.4 is 0 Å². The molecule has 0 aromatic heterocycles. The van der Waals surface area contributed by atoms with Gasteiger partial charge in [0.15, 0.2) is 0 Å². The SMILES string of the molecule is C[S+](C)C([CH-]c1ccccc1)c1ccccc1. The minimum atomic E-state index is 0.340. The lowest BCUT2D eigenvalue weighted by Crippen LogP contribution is -2.11. The molecule has 0 fully saturated rings. The topological polar surface area (TPSA) is 0 Å². The largest absolute Gasteiger partial charge is 0.187 e. The Hall–Kier alpha value is -1.34. The van der Waals surface area contributed by atoms with Crippen LogP contribution in [0.1, 0.15) is 16.4 Å². The van der Waals surface area contributed by atoms with Crippen molar-refractivity contribution < 1.29 is 0 Å². The van der Waals surface area contributed by atoms with Gasteiger partial charge in [0.05, 0.1) is 12.5 Å². The van der Waals surface area contributed by atoms with Crippen LogP contribution in [0, 0.1) is 6.42 Å². The Bertz CT molecular complexity index is 434. The van der Waals surface area contributed by atoms with Gasteiger partial charge in [0.2, 0.25) is 0 Å². The fraction of sp³-hybridized carbons (Fsp3) is 0.188. The fourth-order valence-electron chi connectivity index (χ4n) is 1.89. The van der Waals surface area contributed by atoms with Gasteiger partial charge < -0.3 is 0 Å². The summed E-state index contributed by atoms with van der Waals surface area (Å²) in [7, 11) is 0.340. The van der Waals surface area contributed by atoms with Crippen molar-refractivity contribution in [3.8, 4) is 0 Å². The maximum absolute atomic E-state index is 2.37. The van der Waals surface area contributed by atoms with Crippen molar-refractivity contribution >= 4 is 10.9 Å². The zero-order valence-corrected chi connectivity index (χ0v) is 11.2. The first-order valence-electron chi connectivity index (χ1n) is 5.78. The summed E-state index contributed by atoms with van der Waals surface area (Å²) < 4.78 is 0. The predicted octanol–water partition coefficient (Wildman–Crippen LogP) is 3.86. The van der Waals surface area contributed by atoms with E-state index in [-0.39, 0.29) is 0 Å². The van der Waals surface area contributed by atoms with Crippen molar-refractivity contribution in [1.29, 1.82) is 0 Å². The molecule has 0 N–H and O–H groups in total. The van der Waals surface area contributed by atoms with Gasteiger partial charge in [0.25, 0.3) is 0 Å². The Morgan fingerprint density at radius 1 is 0.824 bits per heavy atom. The van der Waals surface area contributed by atoms with Crippen LogP contribution >= 0.6 is 0 Å². The molecule has 2 aromatic rings. The van der Waals surface area contributed by atoms with Gasteiger partial charge in [0, 0.05) is 0 Å². The Morgan fingerprint density at radius 3 is 1.88 bits per heavy atom. The Morgan fingerprint density at radius 2 is 1.35 bits per heavy atom. The zero-order valence-electron chi connectivity index (χ0n) is 10.3. The summed E-state index contributed by atoms with van der Waals surface area (Å²) >= 11 is 0. The zero-order chi connectivity index (χ0) is 12.1. The van der Waals surface area contributed by atoms with E-state index in [9.17, 15) is 0 Å². The van der Waals surface area contributed by atoms with Crippen LogP contribution in [0.4, 0.5) is 0 Å². The van der Waals surface area contributed by atoms with Crippen LogP contribution in [-0.4, -0.2) is 12.5 Å². The smallest absolute Gasteiger partial charge is 0.119 e. The van der Waals surface area contributed by atoms with Crippen LogP contribution in [0.15, 0.2) is 60.7 Å². The lowest BCUT2D eigenvalue weighted by Gasteiger charge is -2.19. The van der Waals surface area contributed by atoms with Crippen molar-refractivity contribution in [2.24, 2.45) is 0 Å². The standard InChI is InChI=1S/C16H18S/c1-17(2)16(15-11-7-4-8-12-15)13-14-9-5-3-6-10-14/h3-13,16H,1-2H3. The first kappa shape index (κ1) is 12.1. The molecule has 0 aliphatic rings. The molecule has 0 heterocycles. The van der Waals surface area contributed by atoms with Gasteiger partial charge in [-0.3, -0.25) is 0 Å². The van der Waals surface area contributed by atoms with E-state index < -0.39 is 0 Å². The van der Waals surface area contributed by atoms with Gasteiger partial charge in [-0.05, 0) is 16.5 Å². The molecule has 88 valence electrons. The van der Waals surface area contributed by atoms with Gasteiger partial charge in [-0.1, -0.05) is 36.4 Å². The Labute approximate surface area is 107 Å². The molecule has 17 heavy (non-hydrogen) atoms. The van der Waals surface area contributed by atoms with E-state index in [1.54, 1.807) is 0 Å². The van der Waals surface area contributed by atoms with Gasteiger partial charge in [-0.25, -0.2) is 0 Å². The molecule has 0 saturated heterocycles. The molecule has 1 heteroatoms. The molecule has 2 rings (SSSR count). The average molecular weight is 242 g/mol. The molecule has 0 saturated carbocycles. The molecule has 1 atom stereocenters. The van der Waals surface area contributed by atoms with E-state index in [0.29, 0.717) is 16.1 Å². The van der Waals surface area contributed by atoms with Gasteiger partial charge >= 0.3 is 0 Å². The van der Waals surface area contributed by atoms with E-state index >= 15 is 0 Å². The van der Waals surface area contributed by atoms with Crippen LogP contribution in [0.25, 0.3) is 0 Å². The van der Waals surface area contributed by atoms with Gasteiger partial charge in [-0.2, -0.15) is 17.7 Å². The summed E-state index contributed by atoms with van der Waals surface area (Å²) in [5.74, 6) is 0. The molecular formula is C16H18S. The second kappa shape index (κ2) is 5.83. The molecule has 0 bridgehead atoms. The number of benzene rings is 2. The van der Waals surface area contributed by atoms with E-state index in [2.05, 4.69) is 79.6 Å². The highest BCUT2D eigenvalue weighted by molar-refractivity contribution is 7.95. The molecule has 1 unspecified atom stereocenters. The van der Waals surface area contributed by atoms with Crippen molar-refractivity contribution in [1.82, 2.24) is 0 Å². The lowest BCUT2D eigenvalue weighted by atomic mass is 10.0. The molecule has 0 radical (unpaired) electrons.